The van der Waals surface area contributed by atoms with Crippen molar-refractivity contribution >= 4 is 65.6 Å². The molecule has 3 aromatic carbocycles. The molecule has 0 fully saturated rings. The van der Waals surface area contributed by atoms with E-state index in [1.165, 1.54) is 0 Å². The maximum absolute atomic E-state index is 11.3. The SMILES string of the molecule is CCC(=Cc1oc2ccc3ccccc3c2[n+]1CCCS(=O)(=O)[O-])C=C1Sc2ccccc2N1CCCCS(=O)(=O)O.[Na+]. The van der Waals surface area contributed by atoms with E-state index in [1.807, 2.05) is 78.2 Å². The molecule has 1 aromatic heterocycles. The van der Waals surface area contributed by atoms with Crippen LogP contribution in [0.25, 0.3) is 27.9 Å². The zero-order chi connectivity index (χ0) is 29.9. The Bertz CT molecular complexity index is 1900. The summed E-state index contributed by atoms with van der Waals surface area (Å²) in [5, 5.41) is 2.98. The van der Waals surface area contributed by atoms with Crippen molar-refractivity contribution in [3.05, 3.63) is 83.2 Å². The first-order valence-corrected chi connectivity index (χ1v) is 17.7. The Morgan fingerprint density at radius 2 is 1.74 bits per heavy atom. The van der Waals surface area contributed by atoms with Gasteiger partial charge in [-0.1, -0.05) is 55.1 Å². The van der Waals surface area contributed by atoms with Crippen LogP contribution in [0, 0.1) is 0 Å². The van der Waals surface area contributed by atoms with Gasteiger partial charge in [-0.3, -0.25) is 4.55 Å². The van der Waals surface area contributed by atoms with E-state index in [0.717, 1.165) is 37.5 Å². The normalized spacial score (nSPS) is 14.9. The summed E-state index contributed by atoms with van der Waals surface area (Å²) >= 11 is 1.63. The van der Waals surface area contributed by atoms with Crippen molar-refractivity contribution in [3.8, 4) is 0 Å². The fourth-order valence-electron chi connectivity index (χ4n) is 5.11. The third kappa shape index (κ3) is 8.52. The number of rotatable bonds is 12. The molecule has 0 bridgehead atoms. The van der Waals surface area contributed by atoms with E-state index in [2.05, 4.69) is 11.0 Å². The quantitative estimate of drug-likeness (QED) is 0.106. The van der Waals surface area contributed by atoms with Gasteiger partial charge in [-0.25, -0.2) is 8.42 Å². The molecule has 1 N–H and O–H groups in total. The second-order valence-electron chi connectivity index (χ2n) is 10.1. The third-order valence-electron chi connectivity index (χ3n) is 7.09. The number of aromatic nitrogens is 1. The minimum atomic E-state index is -4.35. The van der Waals surface area contributed by atoms with E-state index in [9.17, 15) is 21.4 Å². The van der Waals surface area contributed by atoms with Gasteiger partial charge < -0.3 is 13.9 Å². The smallest absolute Gasteiger partial charge is 0.748 e. The molecular weight excluding hydrogens is 620 g/mol. The van der Waals surface area contributed by atoms with Gasteiger partial charge in [-0.15, -0.1) is 0 Å². The number of nitrogens with zero attached hydrogens (tertiary/aromatic N) is 2. The number of benzene rings is 3. The van der Waals surface area contributed by atoms with Crippen molar-refractivity contribution in [2.75, 3.05) is 23.0 Å². The van der Waals surface area contributed by atoms with Crippen LogP contribution in [0.1, 0.15) is 38.5 Å². The monoisotopic (exact) mass is 651 g/mol. The Hall–Kier alpha value is -2.16. The van der Waals surface area contributed by atoms with Crippen LogP contribution in [0.15, 0.2) is 86.7 Å². The number of hydrogen-bond acceptors (Lipinski definition) is 8. The summed E-state index contributed by atoms with van der Waals surface area (Å²) in [6, 6.07) is 19.8. The van der Waals surface area contributed by atoms with Crippen LogP contribution in [0.5, 0.6) is 0 Å². The maximum atomic E-state index is 11.3. The Morgan fingerprint density at radius 3 is 2.49 bits per heavy atom. The minimum absolute atomic E-state index is 0. The van der Waals surface area contributed by atoms with Gasteiger partial charge in [0.15, 0.2) is 6.54 Å². The molecule has 4 aromatic rings. The first kappa shape index (κ1) is 33.7. The zero-order valence-electron chi connectivity index (χ0n) is 24.1. The molecule has 0 spiro atoms. The Kier molecular flexibility index (Phi) is 11.2. The summed E-state index contributed by atoms with van der Waals surface area (Å²) in [4.78, 5) is 3.25. The molecule has 0 saturated carbocycles. The Balaban J connectivity index is 0.00000423. The number of thioether (sulfide) groups is 1. The number of aryl methyl sites for hydroxylation is 1. The first-order valence-electron chi connectivity index (χ1n) is 13.7. The maximum Gasteiger partial charge on any atom is 1.00 e. The molecule has 222 valence electrons. The largest absolute Gasteiger partial charge is 1.00 e. The molecule has 2 heterocycles. The summed E-state index contributed by atoms with van der Waals surface area (Å²) in [7, 11) is -8.36. The molecule has 0 aliphatic carbocycles. The number of unbranched alkanes of at least 4 members (excludes halogenated alkanes) is 1. The number of fused-ring (bicyclic) bond motifs is 4. The minimum Gasteiger partial charge on any atom is -0.748 e. The molecule has 5 rings (SSSR count). The average molecular weight is 652 g/mol. The summed E-state index contributed by atoms with van der Waals surface area (Å²) in [6.45, 7) is 2.92. The van der Waals surface area contributed by atoms with Gasteiger partial charge in [0.2, 0.25) is 5.58 Å². The van der Waals surface area contributed by atoms with Crippen molar-refractivity contribution in [3.63, 3.8) is 0 Å². The summed E-state index contributed by atoms with van der Waals surface area (Å²) < 4.78 is 73.8. The van der Waals surface area contributed by atoms with E-state index in [4.69, 9.17) is 8.97 Å². The van der Waals surface area contributed by atoms with Gasteiger partial charge in [0.1, 0.15) is 0 Å². The van der Waals surface area contributed by atoms with Crippen LogP contribution in [0.3, 0.4) is 0 Å². The fraction of sp³-hybridized carbons (Fsp3) is 0.300. The standard InChI is InChI=1S/C30H32N2O7S3.Na/c1-2-22(21-29-31(16-7-8-18-41(33,34)35)25-12-5-6-13-27(25)40-29)20-28-32(17-9-19-42(36,37)38)30-24-11-4-3-10-23(24)14-15-26(30)39-28;/h3-6,10-15,20-21H,2,7-9,16-19H2,1H3,(H-,33,34,35,36,37,38);/q;+1. The average Bonchev–Trinajstić information content (AvgIpc) is 3.47. The van der Waals surface area contributed by atoms with Crippen molar-refractivity contribution in [2.24, 2.45) is 0 Å². The van der Waals surface area contributed by atoms with Crippen LogP contribution in [-0.4, -0.2) is 44.0 Å². The summed E-state index contributed by atoms with van der Waals surface area (Å²) in [6.07, 6.45) is 5.80. The van der Waals surface area contributed by atoms with E-state index >= 15 is 0 Å². The zero-order valence-corrected chi connectivity index (χ0v) is 28.6. The van der Waals surface area contributed by atoms with Gasteiger partial charge in [0, 0.05) is 23.6 Å². The molecule has 0 unspecified atom stereocenters. The number of anilines is 1. The molecule has 13 heteroatoms. The van der Waals surface area contributed by atoms with Crippen molar-refractivity contribution in [2.45, 2.75) is 44.0 Å². The predicted molar refractivity (Wildman–Crippen MR) is 165 cm³/mol. The molecule has 1 aliphatic rings. The molecule has 43 heavy (non-hydrogen) atoms. The molecule has 1 aliphatic heterocycles. The predicted octanol–water partition coefficient (Wildman–Crippen LogP) is 2.73. The van der Waals surface area contributed by atoms with Crippen LogP contribution in [-0.2, 0) is 26.8 Å². The van der Waals surface area contributed by atoms with Crippen LogP contribution < -0.4 is 39.0 Å². The van der Waals surface area contributed by atoms with Gasteiger partial charge in [0.25, 0.3) is 15.6 Å². The molecule has 0 atom stereocenters. The van der Waals surface area contributed by atoms with E-state index < -0.39 is 26.0 Å². The number of para-hydroxylation sites is 1. The molecule has 0 saturated heterocycles. The number of oxazole rings is 1. The summed E-state index contributed by atoms with van der Waals surface area (Å²) in [5.41, 5.74) is 3.52. The van der Waals surface area contributed by atoms with Gasteiger partial charge in [-0.2, -0.15) is 13.0 Å². The summed E-state index contributed by atoms with van der Waals surface area (Å²) in [5.74, 6) is -0.186. The molecule has 0 radical (unpaired) electrons. The van der Waals surface area contributed by atoms with Gasteiger partial charge >= 0.3 is 35.4 Å². The van der Waals surface area contributed by atoms with E-state index in [1.54, 1.807) is 11.8 Å². The van der Waals surface area contributed by atoms with Crippen molar-refractivity contribution < 1.29 is 64.5 Å². The number of allylic oxidation sites excluding steroid dienone is 2. The first-order chi connectivity index (χ1) is 20.0. The van der Waals surface area contributed by atoms with E-state index in [-0.39, 0.29) is 41.7 Å². The van der Waals surface area contributed by atoms with E-state index in [0.29, 0.717) is 43.8 Å². The second-order valence-corrected chi connectivity index (χ2v) is 14.3. The topological polar surface area (TPSA) is 132 Å². The van der Waals surface area contributed by atoms with Crippen LogP contribution in [0.2, 0.25) is 0 Å². The Labute approximate surface area is 278 Å². The third-order valence-corrected chi connectivity index (χ3v) is 9.79. The molecule has 9 nitrogen and oxygen atoms in total. The Morgan fingerprint density at radius 1 is 1.00 bits per heavy atom. The van der Waals surface area contributed by atoms with Gasteiger partial charge in [0.05, 0.1) is 38.0 Å². The second kappa shape index (κ2) is 14.3. The van der Waals surface area contributed by atoms with Gasteiger partial charge in [-0.05, 0) is 60.6 Å². The molecular formula is C30H32N2NaO7S3+. The van der Waals surface area contributed by atoms with Crippen molar-refractivity contribution in [1.29, 1.82) is 0 Å². The van der Waals surface area contributed by atoms with Crippen LogP contribution >= 0.6 is 11.8 Å². The van der Waals surface area contributed by atoms with Crippen molar-refractivity contribution in [1.82, 2.24) is 0 Å². The number of hydrogen-bond donors (Lipinski definition) is 1. The molecule has 0 amide bonds. The van der Waals surface area contributed by atoms with Crippen LogP contribution in [0.4, 0.5) is 5.69 Å². The fourth-order valence-corrected chi connectivity index (χ4v) is 7.33.